The van der Waals surface area contributed by atoms with E-state index >= 15 is 0 Å². The topological polar surface area (TPSA) is 83.9 Å². The Morgan fingerprint density at radius 2 is 1.77 bits per heavy atom. The summed E-state index contributed by atoms with van der Waals surface area (Å²) in [5, 5.41) is 3.46. The minimum Gasteiger partial charge on any atom is -0.349 e. The summed E-state index contributed by atoms with van der Waals surface area (Å²) >= 11 is 0. The number of fused-ring (bicyclic) bond motifs is 2. The van der Waals surface area contributed by atoms with Crippen LogP contribution in [0.25, 0.3) is 11.4 Å². The number of hydrogen-bond donors (Lipinski definition) is 1. The molecule has 1 aliphatic heterocycles. The molecule has 1 amide bonds. The zero-order chi connectivity index (χ0) is 20.7. The lowest BCUT2D eigenvalue weighted by Gasteiger charge is -2.38. The van der Waals surface area contributed by atoms with Crippen molar-refractivity contribution < 1.29 is 4.79 Å². The highest BCUT2D eigenvalue weighted by Crippen LogP contribution is 2.44. The summed E-state index contributed by atoms with van der Waals surface area (Å²) in [7, 11) is 0. The number of benzene rings is 1. The van der Waals surface area contributed by atoms with Crippen LogP contribution in [0.1, 0.15) is 35.7 Å². The van der Waals surface area contributed by atoms with Gasteiger partial charge in [-0.05, 0) is 50.3 Å². The molecule has 1 saturated carbocycles. The van der Waals surface area contributed by atoms with Gasteiger partial charge in [-0.25, -0.2) is 19.9 Å². The van der Waals surface area contributed by atoms with Gasteiger partial charge in [0.2, 0.25) is 5.95 Å². The summed E-state index contributed by atoms with van der Waals surface area (Å²) in [5.74, 6) is 1.70. The number of aryl methyl sites for hydroxylation is 1. The van der Waals surface area contributed by atoms with Crippen molar-refractivity contribution in [3.05, 3.63) is 66.2 Å². The van der Waals surface area contributed by atoms with Gasteiger partial charge in [-0.1, -0.05) is 18.2 Å². The number of aromatic nitrogens is 4. The molecule has 2 fully saturated rings. The molecule has 3 heterocycles. The Kier molecular flexibility index (Phi) is 4.65. The second-order valence-electron chi connectivity index (χ2n) is 8.20. The van der Waals surface area contributed by atoms with Crippen LogP contribution in [0.3, 0.4) is 0 Å². The van der Waals surface area contributed by atoms with Gasteiger partial charge in [0.15, 0.2) is 5.82 Å². The third-order valence-corrected chi connectivity index (χ3v) is 6.34. The molecule has 4 unspecified atom stereocenters. The Balaban J connectivity index is 1.43. The number of hydrogen-bond acceptors (Lipinski definition) is 6. The third-order valence-electron chi connectivity index (χ3n) is 6.34. The highest BCUT2D eigenvalue weighted by molar-refractivity contribution is 6.00. The molecule has 1 saturated heterocycles. The molecule has 2 bridgehead atoms. The van der Waals surface area contributed by atoms with E-state index in [4.69, 9.17) is 0 Å². The van der Waals surface area contributed by atoms with E-state index < -0.39 is 0 Å². The van der Waals surface area contributed by atoms with Gasteiger partial charge in [-0.15, -0.1) is 0 Å². The second kappa shape index (κ2) is 7.48. The minimum absolute atomic E-state index is 0.0365. The number of nitrogens with one attached hydrogen (secondary N) is 1. The molecule has 1 aromatic carbocycles. The lowest BCUT2D eigenvalue weighted by molar-refractivity contribution is 0.0599. The molecule has 1 N–H and O–H groups in total. The maximum absolute atomic E-state index is 13.7. The lowest BCUT2D eigenvalue weighted by Crippen LogP contribution is -2.51. The predicted octanol–water partition coefficient (Wildman–Crippen LogP) is 3.35. The third kappa shape index (κ3) is 3.20. The number of amides is 1. The molecule has 5 rings (SSSR count). The van der Waals surface area contributed by atoms with Crippen molar-refractivity contribution >= 4 is 11.9 Å². The average molecular weight is 400 g/mol. The molecule has 4 atom stereocenters. The maximum atomic E-state index is 13.7. The number of anilines is 1. The monoisotopic (exact) mass is 400 g/mol. The highest BCUT2D eigenvalue weighted by Gasteiger charge is 2.51. The van der Waals surface area contributed by atoms with Gasteiger partial charge in [-0.3, -0.25) is 4.79 Å². The molecule has 1 aliphatic carbocycles. The molecule has 0 spiro atoms. The predicted molar refractivity (Wildman–Crippen MR) is 114 cm³/mol. The zero-order valence-corrected chi connectivity index (χ0v) is 17.1. The van der Waals surface area contributed by atoms with Crippen LogP contribution in [0, 0.1) is 12.8 Å². The van der Waals surface area contributed by atoms with E-state index in [2.05, 4.69) is 32.2 Å². The summed E-state index contributed by atoms with van der Waals surface area (Å²) in [5.41, 5.74) is 2.44. The van der Waals surface area contributed by atoms with E-state index in [0.717, 1.165) is 24.0 Å². The maximum Gasteiger partial charge on any atom is 0.255 e. The zero-order valence-electron chi connectivity index (χ0n) is 17.1. The molecular weight excluding hydrogens is 376 g/mol. The van der Waals surface area contributed by atoms with Crippen LogP contribution in [-0.2, 0) is 0 Å². The fourth-order valence-electron chi connectivity index (χ4n) is 4.85. The summed E-state index contributed by atoms with van der Waals surface area (Å²) in [6.07, 6.45) is 9.04. The number of rotatable bonds is 4. The van der Waals surface area contributed by atoms with Gasteiger partial charge < -0.3 is 10.2 Å². The normalized spacial score (nSPS) is 24.8. The quantitative estimate of drug-likeness (QED) is 0.723. The van der Waals surface area contributed by atoms with Gasteiger partial charge in [0, 0.05) is 42.4 Å². The van der Waals surface area contributed by atoms with Crippen LogP contribution < -0.4 is 5.32 Å². The van der Waals surface area contributed by atoms with Crippen molar-refractivity contribution in [2.45, 2.75) is 44.8 Å². The van der Waals surface area contributed by atoms with Crippen LogP contribution in [0.4, 0.5) is 5.95 Å². The Morgan fingerprint density at radius 3 is 2.50 bits per heavy atom. The first-order chi connectivity index (χ1) is 14.6. The molecule has 0 radical (unpaired) electrons. The first-order valence-electron chi connectivity index (χ1n) is 10.4. The van der Waals surface area contributed by atoms with Gasteiger partial charge in [-0.2, -0.15) is 0 Å². The average Bonchev–Trinajstić information content (AvgIpc) is 3.33. The van der Waals surface area contributed by atoms with Gasteiger partial charge in [0.1, 0.15) is 0 Å². The van der Waals surface area contributed by atoms with E-state index in [-0.39, 0.29) is 24.0 Å². The van der Waals surface area contributed by atoms with Crippen molar-refractivity contribution in [2.75, 3.05) is 5.32 Å². The molecule has 2 aliphatic rings. The van der Waals surface area contributed by atoms with Crippen molar-refractivity contribution in [3.63, 3.8) is 0 Å². The van der Waals surface area contributed by atoms with Crippen LogP contribution in [-0.4, -0.2) is 48.9 Å². The van der Waals surface area contributed by atoms with Crippen LogP contribution >= 0.6 is 0 Å². The van der Waals surface area contributed by atoms with Crippen molar-refractivity contribution in [3.8, 4) is 11.4 Å². The standard InChI is InChI=1S/C23H24N6O/c1-14-12-26-23(27-13-14)28-19-10-16-11-20(19)29(15(16)2)22(30)18-7-4-3-6-17(18)21-24-8-5-9-25-21/h3-9,12-13,15-16,19-20H,10-11H2,1-2H3,(H,26,27,28). The van der Waals surface area contributed by atoms with E-state index in [1.54, 1.807) is 18.5 Å². The van der Waals surface area contributed by atoms with E-state index in [1.807, 2.05) is 48.5 Å². The smallest absolute Gasteiger partial charge is 0.255 e. The molecule has 152 valence electrons. The summed E-state index contributed by atoms with van der Waals surface area (Å²) < 4.78 is 0. The number of carbonyl (C=O) groups is 1. The number of carbonyl (C=O) groups excluding carboxylic acids is 1. The fraction of sp³-hybridized carbons (Fsp3) is 0.348. The number of piperidine rings is 1. The molecule has 7 nitrogen and oxygen atoms in total. The first-order valence-corrected chi connectivity index (χ1v) is 10.4. The van der Waals surface area contributed by atoms with Crippen molar-refractivity contribution in [1.29, 1.82) is 0 Å². The van der Waals surface area contributed by atoms with E-state index in [0.29, 0.717) is 23.3 Å². The Labute approximate surface area is 175 Å². The molecule has 2 aromatic heterocycles. The first kappa shape index (κ1) is 18.7. The summed E-state index contributed by atoms with van der Waals surface area (Å²) in [6.45, 7) is 4.13. The van der Waals surface area contributed by atoms with Gasteiger partial charge in [0.25, 0.3) is 5.91 Å². The largest absolute Gasteiger partial charge is 0.349 e. The highest BCUT2D eigenvalue weighted by atomic mass is 16.2. The minimum atomic E-state index is 0.0365. The second-order valence-corrected chi connectivity index (χ2v) is 8.20. The van der Waals surface area contributed by atoms with Crippen LogP contribution in [0.15, 0.2) is 55.1 Å². The van der Waals surface area contributed by atoms with E-state index in [9.17, 15) is 4.79 Å². The number of nitrogens with zero attached hydrogens (tertiary/aromatic N) is 5. The summed E-state index contributed by atoms with van der Waals surface area (Å²) in [4.78, 5) is 33.2. The Bertz CT molecular complexity index is 1050. The van der Waals surface area contributed by atoms with Crippen molar-refractivity contribution in [2.24, 2.45) is 5.92 Å². The van der Waals surface area contributed by atoms with Crippen molar-refractivity contribution in [1.82, 2.24) is 24.8 Å². The number of likely N-dealkylation sites (tertiary alicyclic amines) is 1. The van der Waals surface area contributed by atoms with Gasteiger partial charge >= 0.3 is 0 Å². The van der Waals surface area contributed by atoms with E-state index in [1.165, 1.54) is 0 Å². The SMILES string of the molecule is Cc1cnc(NC2CC3CC2N(C(=O)c2ccccc2-c2ncccn2)C3C)nc1. The summed E-state index contributed by atoms with van der Waals surface area (Å²) in [6, 6.07) is 9.85. The van der Waals surface area contributed by atoms with Crippen LogP contribution in [0.5, 0.6) is 0 Å². The van der Waals surface area contributed by atoms with Crippen LogP contribution in [0.2, 0.25) is 0 Å². The molecule has 7 heteroatoms. The molecule has 3 aromatic rings. The molecule has 30 heavy (non-hydrogen) atoms. The Hall–Kier alpha value is -3.35. The van der Waals surface area contributed by atoms with Gasteiger partial charge in [0.05, 0.1) is 11.6 Å². The fourth-order valence-corrected chi connectivity index (χ4v) is 4.85. The Morgan fingerprint density at radius 1 is 1.03 bits per heavy atom. The molecular formula is C23H24N6O. The lowest BCUT2D eigenvalue weighted by atomic mass is 9.96.